The van der Waals surface area contributed by atoms with Crippen molar-refractivity contribution in [2.24, 2.45) is 0 Å². The normalized spacial score (nSPS) is 10.7. The largest absolute Gasteiger partial charge is 0.351 e. The first-order valence-electron chi connectivity index (χ1n) is 6.22. The number of benzene rings is 1. The third kappa shape index (κ3) is 2.62. The number of hydrogen-bond acceptors (Lipinski definition) is 4. The van der Waals surface area contributed by atoms with Crippen LogP contribution in [0.4, 0.5) is 15.8 Å². The lowest BCUT2D eigenvalue weighted by Crippen LogP contribution is -2.20. The van der Waals surface area contributed by atoms with E-state index in [9.17, 15) is 9.18 Å². The number of halogens is 2. The minimum atomic E-state index is -0.732. The van der Waals surface area contributed by atoms with Crippen molar-refractivity contribution >= 4 is 50.8 Å². The van der Waals surface area contributed by atoms with Crippen LogP contribution >= 0.6 is 22.6 Å². The Morgan fingerprint density at radius 2 is 2.18 bits per heavy atom. The van der Waals surface area contributed by atoms with Crippen LogP contribution in [0.15, 0.2) is 36.7 Å². The Morgan fingerprint density at radius 1 is 1.36 bits per heavy atom. The molecular weight excluding hydrogens is 402 g/mol. The number of pyridine rings is 1. The van der Waals surface area contributed by atoms with E-state index in [0.717, 1.165) is 3.57 Å². The van der Waals surface area contributed by atoms with Crippen molar-refractivity contribution in [2.45, 2.75) is 0 Å². The number of nitrogens with zero attached hydrogens (tertiary/aromatic N) is 1. The second kappa shape index (κ2) is 5.89. The Kier molecular flexibility index (Phi) is 3.94. The van der Waals surface area contributed by atoms with Crippen molar-refractivity contribution in [3.05, 3.63) is 51.7 Å². The van der Waals surface area contributed by atoms with Gasteiger partial charge in [-0.1, -0.05) is 0 Å². The maximum absolute atomic E-state index is 14.0. The van der Waals surface area contributed by atoms with E-state index in [2.05, 4.69) is 15.3 Å². The van der Waals surface area contributed by atoms with Crippen LogP contribution in [-0.2, 0) is 0 Å². The quantitative estimate of drug-likeness (QED) is 0.302. The first kappa shape index (κ1) is 14.7. The summed E-state index contributed by atoms with van der Waals surface area (Å²) in [4.78, 5) is 18.7. The Hall–Kier alpha value is -2.20. The lowest BCUT2D eigenvalue weighted by atomic mass is 10.2. The molecule has 2 aromatic heterocycles. The zero-order chi connectivity index (χ0) is 15.7. The maximum Gasteiger partial charge on any atom is 0.293 e. The number of hydrogen-bond donors (Lipinski definition) is 4. The van der Waals surface area contributed by atoms with E-state index >= 15 is 0 Å². The van der Waals surface area contributed by atoms with Crippen molar-refractivity contribution in [3.63, 3.8) is 0 Å². The summed E-state index contributed by atoms with van der Waals surface area (Å²) in [7, 11) is 0. The van der Waals surface area contributed by atoms with Gasteiger partial charge >= 0.3 is 0 Å². The zero-order valence-corrected chi connectivity index (χ0v) is 13.2. The van der Waals surface area contributed by atoms with Crippen LogP contribution in [-0.4, -0.2) is 21.1 Å². The molecule has 0 bridgehead atoms. The molecule has 1 aromatic carbocycles. The second-order valence-corrected chi connectivity index (χ2v) is 5.73. The number of aromatic nitrogens is 2. The average Bonchev–Trinajstić information content (AvgIpc) is 2.88. The molecule has 0 saturated heterocycles. The highest BCUT2D eigenvalue weighted by atomic mass is 127. The van der Waals surface area contributed by atoms with Crippen LogP contribution in [0, 0.1) is 9.39 Å². The molecule has 3 aromatic rings. The number of aromatic amines is 1. The number of carbonyl (C=O) groups is 1. The monoisotopic (exact) mass is 412 g/mol. The summed E-state index contributed by atoms with van der Waals surface area (Å²) >= 11 is 2.01. The molecule has 0 unspecified atom stereocenters. The third-order valence-electron chi connectivity index (χ3n) is 3.12. The maximum atomic E-state index is 14.0. The molecule has 8 heteroatoms. The van der Waals surface area contributed by atoms with E-state index < -0.39 is 11.7 Å². The molecule has 0 radical (unpaired) electrons. The van der Waals surface area contributed by atoms with Crippen LogP contribution in [0.5, 0.6) is 0 Å². The molecule has 112 valence electrons. The molecule has 6 nitrogen and oxygen atoms in total. The van der Waals surface area contributed by atoms with E-state index in [0.29, 0.717) is 16.6 Å². The average molecular weight is 412 g/mol. The van der Waals surface area contributed by atoms with Crippen LogP contribution in [0.1, 0.15) is 10.5 Å². The number of anilines is 2. The summed E-state index contributed by atoms with van der Waals surface area (Å²) in [5, 5.41) is 12.4. The smallest absolute Gasteiger partial charge is 0.293 e. The van der Waals surface area contributed by atoms with E-state index in [1.54, 1.807) is 36.1 Å². The standard InChI is InChI=1S/C14H10FIN4O2/c15-9-5-7(16)1-2-11(9)19-12-8-6-17-4-3-10(8)18-13(12)14(21)20-22/h1-6,18-19,22H,(H,20,21). The predicted molar refractivity (Wildman–Crippen MR) is 87.7 cm³/mol. The number of H-pyrrole nitrogens is 1. The molecule has 0 aliphatic carbocycles. The molecule has 22 heavy (non-hydrogen) atoms. The van der Waals surface area contributed by atoms with Gasteiger partial charge in [-0.15, -0.1) is 0 Å². The Bertz CT molecular complexity index is 865. The fraction of sp³-hybridized carbons (Fsp3) is 0. The molecule has 0 aliphatic heterocycles. The highest BCUT2D eigenvalue weighted by Gasteiger charge is 2.18. The van der Waals surface area contributed by atoms with Crippen LogP contribution in [0.25, 0.3) is 10.9 Å². The highest BCUT2D eigenvalue weighted by Crippen LogP contribution is 2.31. The van der Waals surface area contributed by atoms with E-state index in [4.69, 9.17) is 5.21 Å². The Labute approximate surface area is 137 Å². The van der Waals surface area contributed by atoms with Crippen molar-refractivity contribution < 1.29 is 14.4 Å². The summed E-state index contributed by atoms with van der Waals surface area (Å²) in [6.45, 7) is 0. The van der Waals surface area contributed by atoms with Gasteiger partial charge < -0.3 is 10.3 Å². The summed E-state index contributed by atoms with van der Waals surface area (Å²) in [6.07, 6.45) is 3.11. The lowest BCUT2D eigenvalue weighted by molar-refractivity contribution is 0.0702. The molecular formula is C14H10FIN4O2. The number of carbonyl (C=O) groups excluding carboxylic acids is 1. The summed E-state index contributed by atoms with van der Waals surface area (Å²) in [5.74, 6) is -1.18. The third-order valence-corrected chi connectivity index (χ3v) is 3.79. The SMILES string of the molecule is O=C(NO)c1[nH]c2ccncc2c1Nc1ccc(I)cc1F. The lowest BCUT2D eigenvalue weighted by Gasteiger charge is -2.09. The predicted octanol–water partition coefficient (Wildman–Crippen LogP) is 3.17. The van der Waals surface area contributed by atoms with E-state index in [1.807, 2.05) is 22.6 Å². The van der Waals surface area contributed by atoms with Crippen molar-refractivity contribution in [2.75, 3.05) is 5.32 Å². The fourth-order valence-corrected chi connectivity index (χ4v) is 2.57. The van der Waals surface area contributed by atoms with Gasteiger partial charge in [-0.25, -0.2) is 9.87 Å². The van der Waals surface area contributed by atoms with Gasteiger partial charge in [0, 0.05) is 21.4 Å². The molecule has 1 amide bonds. The van der Waals surface area contributed by atoms with Gasteiger partial charge in [-0.3, -0.25) is 15.0 Å². The van der Waals surface area contributed by atoms with Gasteiger partial charge in [0.1, 0.15) is 11.5 Å². The first-order chi connectivity index (χ1) is 10.6. The van der Waals surface area contributed by atoms with Crippen LogP contribution < -0.4 is 10.8 Å². The van der Waals surface area contributed by atoms with Crippen LogP contribution in [0.2, 0.25) is 0 Å². The van der Waals surface area contributed by atoms with Crippen molar-refractivity contribution in [1.29, 1.82) is 0 Å². The van der Waals surface area contributed by atoms with Gasteiger partial charge in [0.2, 0.25) is 0 Å². The van der Waals surface area contributed by atoms with Gasteiger partial charge in [-0.05, 0) is 46.9 Å². The molecule has 2 heterocycles. The minimum absolute atomic E-state index is 0.0865. The van der Waals surface area contributed by atoms with E-state index in [1.165, 1.54) is 6.07 Å². The van der Waals surface area contributed by atoms with Crippen molar-refractivity contribution in [1.82, 2.24) is 15.4 Å². The molecule has 3 rings (SSSR count). The first-order valence-corrected chi connectivity index (χ1v) is 7.30. The summed E-state index contributed by atoms with van der Waals surface area (Å²) < 4.78 is 14.8. The Balaban J connectivity index is 2.14. The zero-order valence-electron chi connectivity index (χ0n) is 11.0. The highest BCUT2D eigenvalue weighted by molar-refractivity contribution is 14.1. The molecule has 4 N–H and O–H groups in total. The summed E-state index contributed by atoms with van der Waals surface area (Å²) in [5.41, 5.74) is 2.86. The number of fused-ring (bicyclic) bond motifs is 1. The summed E-state index contributed by atoms with van der Waals surface area (Å²) in [6, 6.07) is 6.37. The molecule has 0 spiro atoms. The van der Waals surface area contributed by atoms with Crippen LogP contribution in [0.3, 0.4) is 0 Å². The minimum Gasteiger partial charge on any atom is -0.351 e. The number of hydroxylamine groups is 1. The molecule has 0 saturated carbocycles. The number of nitrogens with one attached hydrogen (secondary N) is 3. The van der Waals surface area contributed by atoms with Gasteiger partial charge in [-0.2, -0.15) is 0 Å². The molecule has 0 aliphatic rings. The van der Waals surface area contributed by atoms with Crippen molar-refractivity contribution in [3.8, 4) is 0 Å². The number of amides is 1. The Morgan fingerprint density at radius 3 is 2.91 bits per heavy atom. The molecule has 0 atom stereocenters. The topological polar surface area (TPSA) is 90.0 Å². The second-order valence-electron chi connectivity index (χ2n) is 4.49. The molecule has 0 fully saturated rings. The van der Waals surface area contributed by atoms with E-state index in [-0.39, 0.29) is 11.4 Å². The van der Waals surface area contributed by atoms with Gasteiger partial charge in [0.25, 0.3) is 5.91 Å². The van der Waals surface area contributed by atoms with Gasteiger partial charge in [0.15, 0.2) is 0 Å². The fourth-order valence-electron chi connectivity index (χ4n) is 2.12. The van der Waals surface area contributed by atoms with Gasteiger partial charge in [0.05, 0.1) is 16.9 Å². The number of rotatable bonds is 3.